The molecule has 2 unspecified atom stereocenters. The van der Waals surface area contributed by atoms with Crippen LogP contribution in [0, 0.1) is 11.7 Å². The molecule has 0 aromatic heterocycles. The van der Waals surface area contributed by atoms with E-state index in [4.69, 9.17) is 11.6 Å². The van der Waals surface area contributed by atoms with Crippen LogP contribution in [0.4, 0.5) is 4.39 Å². The molecule has 0 amide bonds. The zero-order valence-electron chi connectivity index (χ0n) is 11.2. The van der Waals surface area contributed by atoms with Crippen molar-refractivity contribution in [1.29, 1.82) is 0 Å². The summed E-state index contributed by atoms with van der Waals surface area (Å²) in [5.74, 6) is 1.33. The van der Waals surface area contributed by atoms with Crippen molar-refractivity contribution in [1.82, 2.24) is 5.32 Å². The molecule has 0 saturated carbocycles. The molecule has 0 fully saturated rings. The Morgan fingerprint density at radius 1 is 1.44 bits per heavy atom. The molecule has 1 aromatic rings. The minimum Gasteiger partial charge on any atom is -0.314 e. The molecular weight excluding hydrogens is 269 g/mol. The summed E-state index contributed by atoms with van der Waals surface area (Å²) in [6.45, 7) is 5.26. The van der Waals surface area contributed by atoms with E-state index in [1.165, 1.54) is 0 Å². The fraction of sp³-hybridized carbons (Fsp3) is 0.571. The quantitative estimate of drug-likeness (QED) is 0.814. The molecule has 102 valence electrons. The van der Waals surface area contributed by atoms with Gasteiger partial charge in [0.2, 0.25) is 0 Å². The number of rotatable bonds is 7. The lowest BCUT2D eigenvalue weighted by molar-refractivity contribution is 0.410. The summed E-state index contributed by atoms with van der Waals surface area (Å²) in [6, 6.07) is 5.46. The topological polar surface area (TPSA) is 12.0 Å². The third-order valence-corrected chi connectivity index (χ3v) is 4.19. The van der Waals surface area contributed by atoms with Crippen LogP contribution in [-0.2, 0) is 6.42 Å². The lowest BCUT2D eigenvalue weighted by Gasteiger charge is -2.24. The van der Waals surface area contributed by atoms with Crippen LogP contribution in [0.3, 0.4) is 0 Å². The van der Waals surface area contributed by atoms with E-state index >= 15 is 0 Å². The van der Waals surface area contributed by atoms with E-state index in [1.807, 2.05) is 17.8 Å². The molecule has 0 aliphatic heterocycles. The van der Waals surface area contributed by atoms with Gasteiger partial charge in [0.05, 0.1) is 5.02 Å². The Balaban J connectivity index is 2.72. The van der Waals surface area contributed by atoms with E-state index in [2.05, 4.69) is 25.4 Å². The number of halogens is 2. The molecule has 1 aromatic carbocycles. The molecule has 4 heteroatoms. The van der Waals surface area contributed by atoms with Crippen molar-refractivity contribution in [3.8, 4) is 0 Å². The van der Waals surface area contributed by atoms with E-state index in [9.17, 15) is 4.39 Å². The molecule has 1 N–H and O–H groups in total. The highest BCUT2D eigenvalue weighted by atomic mass is 35.5. The normalized spacial score (nSPS) is 14.5. The maximum Gasteiger partial charge on any atom is 0.142 e. The van der Waals surface area contributed by atoms with Gasteiger partial charge in [-0.05, 0) is 48.6 Å². The molecule has 0 heterocycles. The maximum absolute atomic E-state index is 13.4. The number of thioether (sulfide) groups is 1. The summed E-state index contributed by atoms with van der Waals surface area (Å²) < 4.78 is 13.4. The SMILES string of the molecule is CCNC(Cc1ccc(Cl)c(F)c1)C(C)CSC. The van der Waals surface area contributed by atoms with E-state index in [-0.39, 0.29) is 10.8 Å². The Morgan fingerprint density at radius 3 is 2.72 bits per heavy atom. The first-order valence-corrected chi connectivity index (χ1v) is 8.01. The van der Waals surface area contributed by atoms with Crippen molar-refractivity contribution in [2.45, 2.75) is 26.3 Å². The highest BCUT2D eigenvalue weighted by Gasteiger charge is 2.16. The summed E-state index contributed by atoms with van der Waals surface area (Å²) in [5.41, 5.74) is 0.996. The first-order chi connectivity index (χ1) is 8.58. The average Bonchev–Trinajstić information content (AvgIpc) is 2.33. The first kappa shape index (κ1) is 15.8. The van der Waals surface area contributed by atoms with Crippen molar-refractivity contribution < 1.29 is 4.39 Å². The smallest absolute Gasteiger partial charge is 0.142 e. The number of benzene rings is 1. The summed E-state index contributed by atoms with van der Waals surface area (Å²) in [7, 11) is 0. The zero-order chi connectivity index (χ0) is 13.5. The van der Waals surface area contributed by atoms with Crippen molar-refractivity contribution in [3.05, 3.63) is 34.6 Å². The minimum atomic E-state index is -0.332. The highest BCUT2D eigenvalue weighted by Crippen LogP contribution is 2.19. The Kier molecular flexibility index (Phi) is 7.05. The molecule has 0 bridgehead atoms. The summed E-state index contributed by atoms with van der Waals surface area (Å²) >= 11 is 7.54. The van der Waals surface area contributed by atoms with Crippen LogP contribution < -0.4 is 5.32 Å². The van der Waals surface area contributed by atoms with Crippen molar-refractivity contribution >= 4 is 23.4 Å². The van der Waals surface area contributed by atoms with Crippen LogP contribution in [0.5, 0.6) is 0 Å². The fourth-order valence-electron chi connectivity index (χ4n) is 2.04. The predicted molar refractivity (Wildman–Crippen MR) is 80.1 cm³/mol. The lowest BCUT2D eigenvalue weighted by Crippen LogP contribution is -2.37. The van der Waals surface area contributed by atoms with Gasteiger partial charge in [-0.1, -0.05) is 31.5 Å². The Labute approximate surface area is 118 Å². The average molecular weight is 290 g/mol. The van der Waals surface area contributed by atoms with Gasteiger partial charge < -0.3 is 5.32 Å². The zero-order valence-corrected chi connectivity index (χ0v) is 12.7. The van der Waals surface area contributed by atoms with Gasteiger partial charge in [0.25, 0.3) is 0 Å². The highest BCUT2D eigenvalue weighted by molar-refractivity contribution is 7.98. The molecule has 0 aliphatic rings. The monoisotopic (exact) mass is 289 g/mol. The van der Waals surface area contributed by atoms with E-state index in [0.717, 1.165) is 24.3 Å². The maximum atomic E-state index is 13.4. The number of hydrogen-bond acceptors (Lipinski definition) is 2. The number of nitrogens with one attached hydrogen (secondary N) is 1. The van der Waals surface area contributed by atoms with Gasteiger partial charge in [0.1, 0.15) is 5.82 Å². The largest absolute Gasteiger partial charge is 0.314 e. The van der Waals surface area contributed by atoms with Crippen LogP contribution in [0.25, 0.3) is 0 Å². The van der Waals surface area contributed by atoms with Gasteiger partial charge in [0, 0.05) is 6.04 Å². The lowest BCUT2D eigenvalue weighted by atomic mass is 9.96. The molecule has 1 rings (SSSR count). The van der Waals surface area contributed by atoms with E-state index in [1.54, 1.807) is 12.1 Å². The third-order valence-electron chi connectivity index (χ3n) is 3.02. The van der Waals surface area contributed by atoms with Crippen LogP contribution in [0.2, 0.25) is 5.02 Å². The van der Waals surface area contributed by atoms with E-state index in [0.29, 0.717) is 12.0 Å². The van der Waals surface area contributed by atoms with Crippen molar-refractivity contribution in [2.24, 2.45) is 5.92 Å². The van der Waals surface area contributed by atoms with Crippen LogP contribution in [-0.4, -0.2) is 24.6 Å². The number of hydrogen-bond donors (Lipinski definition) is 1. The molecular formula is C14H21ClFNS. The van der Waals surface area contributed by atoms with Gasteiger partial charge in [-0.2, -0.15) is 11.8 Å². The van der Waals surface area contributed by atoms with Gasteiger partial charge in [-0.25, -0.2) is 4.39 Å². The van der Waals surface area contributed by atoms with Gasteiger partial charge >= 0.3 is 0 Å². The van der Waals surface area contributed by atoms with Gasteiger partial charge in [-0.15, -0.1) is 0 Å². The van der Waals surface area contributed by atoms with E-state index < -0.39 is 0 Å². The second-order valence-corrected chi connectivity index (χ2v) is 5.87. The predicted octanol–water partition coefficient (Wildman–Crippen LogP) is 4.00. The fourth-order valence-corrected chi connectivity index (χ4v) is 2.91. The summed E-state index contributed by atoms with van der Waals surface area (Å²) in [5, 5.41) is 3.67. The molecule has 0 radical (unpaired) electrons. The van der Waals surface area contributed by atoms with Gasteiger partial charge in [-0.3, -0.25) is 0 Å². The second kappa shape index (κ2) is 8.03. The Morgan fingerprint density at radius 2 is 2.17 bits per heavy atom. The Bertz CT molecular complexity index is 373. The molecule has 2 atom stereocenters. The molecule has 18 heavy (non-hydrogen) atoms. The molecule has 1 nitrogen and oxygen atoms in total. The summed E-state index contributed by atoms with van der Waals surface area (Å²) in [4.78, 5) is 0. The van der Waals surface area contributed by atoms with Gasteiger partial charge in [0.15, 0.2) is 0 Å². The van der Waals surface area contributed by atoms with Crippen LogP contribution >= 0.6 is 23.4 Å². The van der Waals surface area contributed by atoms with Crippen LogP contribution in [0.1, 0.15) is 19.4 Å². The standard InChI is InChI=1S/C14H21ClFNS/c1-4-17-14(10(2)9-18-3)8-11-5-6-12(15)13(16)7-11/h5-7,10,14,17H,4,8-9H2,1-3H3. The second-order valence-electron chi connectivity index (χ2n) is 4.55. The molecule has 0 aliphatic carbocycles. The number of likely N-dealkylation sites (N-methyl/N-ethyl adjacent to an activating group) is 1. The van der Waals surface area contributed by atoms with Crippen LogP contribution in [0.15, 0.2) is 18.2 Å². The minimum absolute atomic E-state index is 0.191. The molecule has 0 saturated heterocycles. The summed E-state index contributed by atoms with van der Waals surface area (Å²) in [6.07, 6.45) is 2.95. The molecule has 0 spiro atoms. The van der Waals surface area contributed by atoms with Crippen molar-refractivity contribution in [3.63, 3.8) is 0 Å². The van der Waals surface area contributed by atoms with Crippen molar-refractivity contribution in [2.75, 3.05) is 18.6 Å². The first-order valence-electron chi connectivity index (χ1n) is 6.24. The third kappa shape index (κ3) is 4.79. The Hall–Kier alpha value is -0.250.